The van der Waals surface area contributed by atoms with Crippen LogP contribution in [0.4, 0.5) is 0 Å². The van der Waals surface area contributed by atoms with Gasteiger partial charge in [0.15, 0.2) is 0 Å². The van der Waals surface area contributed by atoms with Gasteiger partial charge >= 0.3 is 0 Å². The quantitative estimate of drug-likeness (QED) is 0.256. The molecule has 6 rings (SSSR count). The fraction of sp³-hybridized carbons (Fsp3) is 0.0938. The largest absolute Gasteiger partial charge is 0.497 e. The Labute approximate surface area is 214 Å². The number of hydrogen-bond donors (Lipinski definition) is 0. The van der Waals surface area contributed by atoms with E-state index in [0.717, 1.165) is 44.6 Å². The number of benzene rings is 4. The molecule has 0 aliphatic heterocycles. The zero-order chi connectivity index (χ0) is 25.5. The van der Waals surface area contributed by atoms with Gasteiger partial charge in [-0.15, -0.1) is 0 Å². The molecule has 182 valence electrons. The highest BCUT2D eigenvalue weighted by molar-refractivity contribution is 6.15. The van der Waals surface area contributed by atoms with Gasteiger partial charge in [-0.1, -0.05) is 72.8 Å². The smallest absolute Gasteiger partial charge is 0.201 e. The second-order valence-electron chi connectivity index (χ2n) is 8.81. The minimum atomic E-state index is -0.0982. The Kier molecular flexibility index (Phi) is 5.53. The second-order valence-corrected chi connectivity index (χ2v) is 8.81. The average molecular weight is 488 g/mol. The second kappa shape index (κ2) is 9.03. The summed E-state index contributed by atoms with van der Waals surface area (Å²) in [7, 11) is 4.86. The molecule has 0 N–H and O–H groups in total. The molecular formula is C32H25NO4. The molecule has 0 fully saturated rings. The van der Waals surface area contributed by atoms with Gasteiger partial charge < -0.3 is 18.6 Å². The van der Waals surface area contributed by atoms with Crippen LogP contribution in [0.25, 0.3) is 49.8 Å². The molecule has 0 saturated carbocycles. The number of methoxy groups -OCH3 is 3. The van der Waals surface area contributed by atoms with Crippen LogP contribution in [0.5, 0.6) is 17.2 Å². The maximum atomic E-state index is 14.1. The Bertz CT molecular complexity index is 1770. The van der Waals surface area contributed by atoms with Crippen LogP contribution < -0.4 is 19.6 Å². The van der Waals surface area contributed by atoms with Crippen molar-refractivity contribution in [2.75, 3.05) is 21.3 Å². The molecule has 6 aromatic rings. The topological polar surface area (TPSA) is 49.2 Å². The summed E-state index contributed by atoms with van der Waals surface area (Å²) in [6.07, 6.45) is 1.94. The van der Waals surface area contributed by atoms with Crippen molar-refractivity contribution in [3.8, 4) is 50.8 Å². The summed E-state index contributed by atoms with van der Waals surface area (Å²) in [5.74, 6) is 1.86. The predicted octanol–water partition coefficient (Wildman–Crippen LogP) is 6.92. The Morgan fingerprint density at radius 1 is 0.622 bits per heavy atom. The third-order valence-corrected chi connectivity index (χ3v) is 6.88. The van der Waals surface area contributed by atoms with Gasteiger partial charge in [0.1, 0.15) is 17.2 Å². The van der Waals surface area contributed by atoms with Gasteiger partial charge in [0.25, 0.3) is 0 Å². The van der Waals surface area contributed by atoms with E-state index in [1.54, 1.807) is 21.3 Å². The van der Waals surface area contributed by atoms with Gasteiger partial charge in [-0.3, -0.25) is 4.79 Å². The molecule has 5 nitrogen and oxygen atoms in total. The third-order valence-electron chi connectivity index (χ3n) is 6.88. The standard InChI is InChI=1S/C32H25NO4/c1-35-23-16-14-20(15-17-23)24-19-33-30(22-12-8-5-9-13-22)27(21-10-6-4-7-11-21)28-25(36-2)18-26(37-3)29(31(28)33)32(24)34/h4-19H,1-3H3. The molecule has 4 aromatic carbocycles. The molecule has 0 saturated heterocycles. The third kappa shape index (κ3) is 3.51. The predicted molar refractivity (Wildman–Crippen MR) is 148 cm³/mol. The van der Waals surface area contributed by atoms with E-state index in [-0.39, 0.29) is 5.43 Å². The zero-order valence-corrected chi connectivity index (χ0v) is 20.8. The van der Waals surface area contributed by atoms with E-state index in [4.69, 9.17) is 14.2 Å². The van der Waals surface area contributed by atoms with Gasteiger partial charge in [-0.2, -0.15) is 0 Å². The van der Waals surface area contributed by atoms with E-state index in [1.165, 1.54) is 0 Å². The Hall–Kier alpha value is -4.77. The van der Waals surface area contributed by atoms with Crippen molar-refractivity contribution in [3.05, 3.63) is 107 Å². The highest BCUT2D eigenvalue weighted by atomic mass is 16.5. The summed E-state index contributed by atoms with van der Waals surface area (Å²) in [4.78, 5) is 14.1. The van der Waals surface area contributed by atoms with Crippen molar-refractivity contribution in [1.29, 1.82) is 0 Å². The van der Waals surface area contributed by atoms with Crippen LogP contribution in [-0.4, -0.2) is 25.7 Å². The molecule has 0 amide bonds. The zero-order valence-electron chi connectivity index (χ0n) is 20.8. The normalized spacial score (nSPS) is 11.2. The van der Waals surface area contributed by atoms with Crippen molar-refractivity contribution < 1.29 is 14.2 Å². The molecule has 2 aromatic heterocycles. The number of aromatic nitrogens is 1. The monoisotopic (exact) mass is 487 g/mol. The van der Waals surface area contributed by atoms with Crippen molar-refractivity contribution in [2.45, 2.75) is 0 Å². The first-order valence-corrected chi connectivity index (χ1v) is 12.0. The van der Waals surface area contributed by atoms with E-state index in [9.17, 15) is 4.79 Å². The molecule has 0 radical (unpaired) electrons. The summed E-state index contributed by atoms with van der Waals surface area (Å²) < 4.78 is 19.1. The van der Waals surface area contributed by atoms with Gasteiger partial charge in [-0.25, -0.2) is 0 Å². The molecule has 0 aliphatic rings. The fourth-order valence-electron chi connectivity index (χ4n) is 5.19. The fourth-order valence-corrected chi connectivity index (χ4v) is 5.19. The van der Waals surface area contributed by atoms with E-state index in [1.807, 2.05) is 72.9 Å². The maximum Gasteiger partial charge on any atom is 0.201 e. The van der Waals surface area contributed by atoms with Crippen molar-refractivity contribution in [2.24, 2.45) is 0 Å². The Balaban J connectivity index is 1.85. The van der Waals surface area contributed by atoms with Crippen LogP contribution in [-0.2, 0) is 0 Å². The summed E-state index contributed by atoms with van der Waals surface area (Å²) in [6.45, 7) is 0. The van der Waals surface area contributed by atoms with Crippen molar-refractivity contribution in [3.63, 3.8) is 0 Å². The van der Waals surface area contributed by atoms with E-state index in [0.29, 0.717) is 22.4 Å². The van der Waals surface area contributed by atoms with Crippen LogP contribution in [0.3, 0.4) is 0 Å². The molecule has 2 heterocycles. The number of pyridine rings is 1. The molecule has 0 aliphatic carbocycles. The molecule has 0 spiro atoms. The first kappa shape index (κ1) is 22.7. The minimum Gasteiger partial charge on any atom is -0.497 e. The summed E-state index contributed by atoms with van der Waals surface area (Å²) in [5.41, 5.74) is 6.10. The summed E-state index contributed by atoms with van der Waals surface area (Å²) >= 11 is 0. The number of ether oxygens (including phenoxy) is 3. The average Bonchev–Trinajstić information content (AvgIpc) is 3.30. The van der Waals surface area contributed by atoms with Crippen molar-refractivity contribution >= 4 is 16.3 Å². The lowest BCUT2D eigenvalue weighted by molar-refractivity contribution is 0.400. The highest BCUT2D eigenvalue weighted by Gasteiger charge is 2.27. The summed E-state index contributed by atoms with van der Waals surface area (Å²) in [6, 6.07) is 29.8. The maximum absolute atomic E-state index is 14.1. The molecule has 5 heteroatoms. The first-order valence-electron chi connectivity index (χ1n) is 12.0. The van der Waals surface area contributed by atoms with E-state index in [2.05, 4.69) is 28.7 Å². The van der Waals surface area contributed by atoms with Crippen molar-refractivity contribution in [1.82, 2.24) is 4.40 Å². The Morgan fingerprint density at radius 3 is 1.81 bits per heavy atom. The van der Waals surface area contributed by atoms with Gasteiger partial charge in [0.2, 0.25) is 5.43 Å². The highest BCUT2D eigenvalue weighted by Crippen LogP contribution is 2.48. The van der Waals surface area contributed by atoms with E-state index < -0.39 is 0 Å². The molecule has 37 heavy (non-hydrogen) atoms. The lowest BCUT2D eigenvalue weighted by Gasteiger charge is -2.13. The van der Waals surface area contributed by atoms with Crippen LogP contribution in [0, 0.1) is 0 Å². The molecule has 0 atom stereocenters. The van der Waals surface area contributed by atoms with Gasteiger partial charge in [0.05, 0.1) is 43.3 Å². The number of rotatable bonds is 6. The van der Waals surface area contributed by atoms with Gasteiger partial charge in [0, 0.05) is 23.4 Å². The van der Waals surface area contributed by atoms with Crippen LogP contribution >= 0.6 is 0 Å². The molecular weight excluding hydrogens is 462 g/mol. The van der Waals surface area contributed by atoms with Crippen LogP contribution in [0.15, 0.2) is 102 Å². The SMILES string of the molecule is COc1ccc(-c2cn3c(-c4ccccc4)c(-c4ccccc4)c4c(OC)cc(OC)c(c2=O)c43)cc1. The first-order chi connectivity index (χ1) is 18.2. The molecule has 0 bridgehead atoms. The number of nitrogens with zero attached hydrogens (tertiary/aromatic N) is 1. The van der Waals surface area contributed by atoms with E-state index >= 15 is 0 Å². The summed E-state index contributed by atoms with van der Waals surface area (Å²) in [5, 5.41) is 1.40. The van der Waals surface area contributed by atoms with Crippen LogP contribution in [0.2, 0.25) is 0 Å². The molecule has 0 unspecified atom stereocenters. The lowest BCUT2D eigenvalue weighted by Crippen LogP contribution is -2.10. The van der Waals surface area contributed by atoms with Crippen LogP contribution in [0.1, 0.15) is 0 Å². The lowest BCUT2D eigenvalue weighted by atomic mass is 9.97. The minimum absolute atomic E-state index is 0.0982. The Morgan fingerprint density at radius 2 is 1.22 bits per heavy atom. The number of hydrogen-bond acceptors (Lipinski definition) is 4. The van der Waals surface area contributed by atoms with Gasteiger partial charge in [-0.05, 0) is 28.8 Å².